The highest BCUT2D eigenvalue weighted by molar-refractivity contribution is 5.78. The monoisotopic (exact) mass is 2040 g/mol. The summed E-state index contributed by atoms with van der Waals surface area (Å²) in [5.41, 5.74) is 0. The summed E-state index contributed by atoms with van der Waals surface area (Å²) in [6.45, 7) is -3.28. The molecule has 0 bridgehead atoms. The molecule has 7 heterocycles. The average Bonchev–Trinajstić information content (AvgIpc) is 0.679. The molecule has 0 radical (unpaired) electrons. The number of ether oxygens (including phenoxy) is 14. The average molecular weight is 2040 g/mol. The maximum atomic E-state index is 13.7. The van der Waals surface area contributed by atoms with Gasteiger partial charge in [0.15, 0.2) is 37.7 Å². The summed E-state index contributed by atoms with van der Waals surface area (Å²) in [6, 6.07) is -6.86. The van der Waals surface area contributed by atoms with E-state index in [-0.39, 0.29) is 12.3 Å². The molecule has 14 unspecified atom stereocenters. The zero-order chi connectivity index (χ0) is 103. The first-order chi connectivity index (χ1) is 67.7. The van der Waals surface area contributed by atoms with E-state index in [1.165, 1.54) is 161 Å². The first-order valence-corrected chi connectivity index (χ1v) is 51.3. The van der Waals surface area contributed by atoms with Crippen molar-refractivity contribution in [3.8, 4) is 0 Å². The molecule has 4 amide bonds. The van der Waals surface area contributed by atoms with Gasteiger partial charge >= 0.3 is 5.97 Å². The molecule has 0 aromatic rings. The van der Waals surface area contributed by atoms with E-state index in [4.69, 9.17) is 66.3 Å². The number of hydrogen-bond donors (Lipinski definition) is 27. The van der Waals surface area contributed by atoms with E-state index in [2.05, 4.69) is 35.1 Å². The van der Waals surface area contributed by atoms with Crippen molar-refractivity contribution in [1.82, 2.24) is 21.3 Å². The number of carbonyl (C=O) groups is 5. The number of amides is 4. The Morgan fingerprint density at radius 2 is 0.730 bits per heavy atom. The molecule has 0 spiro atoms. The van der Waals surface area contributed by atoms with Gasteiger partial charge in [-0.25, -0.2) is 4.79 Å². The van der Waals surface area contributed by atoms with Gasteiger partial charge in [-0.3, -0.25) is 19.2 Å². The van der Waals surface area contributed by atoms with Crippen molar-refractivity contribution in [2.24, 2.45) is 0 Å². The quantitative estimate of drug-likeness (QED) is 0.0211. The minimum atomic E-state index is -3.31. The molecule has 7 aliphatic heterocycles. The molecule has 822 valence electrons. The van der Waals surface area contributed by atoms with Gasteiger partial charge in [0.25, 0.3) is 5.79 Å². The Morgan fingerprint density at radius 1 is 0.376 bits per heavy atom. The molecule has 0 aromatic carbocycles. The summed E-state index contributed by atoms with van der Waals surface area (Å²) in [7, 11) is 0. The fourth-order valence-corrected chi connectivity index (χ4v) is 19.1. The van der Waals surface area contributed by atoms with Crippen LogP contribution >= 0.6 is 0 Å². The van der Waals surface area contributed by atoms with Crippen LogP contribution in [0, 0.1) is 0 Å². The number of carbonyl (C=O) groups excluding carboxylic acids is 4. The minimum absolute atomic E-state index is 0.155. The van der Waals surface area contributed by atoms with Gasteiger partial charge in [0, 0.05) is 26.7 Å². The lowest BCUT2D eigenvalue weighted by atomic mass is 9.88. The van der Waals surface area contributed by atoms with Crippen LogP contribution in [0.2, 0.25) is 0 Å². The van der Waals surface area contributed by atoms with Crippen LogP contribution in [0.1, 0.15) is 265 Å². The molecule has 141 heavy (non-hydrogen) atoms. The van der Waals surface area contributed by atoms with Crippen LogP contribution in [0.5, 0.6) is 0 Å². The molecule has 46 nitrogen and oxygen atoms in total. The molecule has 7 rings (SSSR count). The maximum Gasteiger partial charge on any atom is 0.364 e. The Kier molecular flexibility index (Phi) is 57.5. The summed E-state index contributed by atoms with van der Waals surface area (Å²) < 4.78 is 83.1. The van der Waals surface area contributed by atoms with Crippen LogP contribution in [0.25, 0.3) is 0 Å². The lowest BCUT2D eigenvalue weighted by Crippen LogP contribution is -2.71. The van der Waals surface area contributed by atoms with Crippen LogP contribution in [-0.2, 0) is 90.3 Å². The van der Waals surface area contributed by atoms with E-state index in [9.17, 15) is 141 Å². The number of hydrogen-bond acceptors (Lipinski definition) is 41. The molecular weight excluding hydrogens is 1870 g/mol. The third kappa shape index (κ3) is 37.7. The SMILES string of the molecule is CCCCCCCCCCCCC/C=C/[C@@H](O)[C@H](CO[C@@H]1OC(CO)[C@@H](O[C@@H]2OC(CO)[C@H](O[C@@H]3OC(CO)[C@H](O)[C@H](O[C@@H]4OC(CO)[C@H](O)[C@H](O[C@@H]5OC(CO)[C@@H](O[C@@H]6OC(CO)[C@H](O)[C@H](O[C@]7(C(=O)O)CC(O)[C@@H](NC(=O)CO)C([C@H](O)[C@H](O)CO)O7)C6O)[C@H](O)C5NC(C)=O)C4O)C3NC(C)=O)[C@H](O)C2O)[C@H](O)C1O)NC(=O)CCCCCCCCCCCCCCCCCCCCCCCCC. The van der Waals surface area contributed by atoms with Crippen molar-refractivity contribution < 1.29 is 208 Å². The highest BCUT2D eigenvalue weighted by Gasteiger charge is 2.63. The van der Waals surface area contributed by atoms with Crippen LogP contribution < -0.4 is 21.3 Å². The van der Waals surface area contributed by atoms with E-state index in [1.807, 2.05) is 6.08 Å². The van der Waals surface area contributed by atoms with Gasteiger partial charge in [-0.1, -0.05) is 231 Å². The summed E-state index contributed by atoms with van der Waals surface area (Å²) in [5.74, 6) is -8.94. The first kappa shape index (κ1) is 124. The largest absolute Gasteiger partial charge is 0.477 e. The molecule has 46 heteroatoms. The number of unbranched alkanes of at least 4 members (excludes halogenated alkanes) is 33. The smallest absolute Gasteiger partial charge is 0.364 e. The molecule has 7 saturated heterocycles. The highest BCUT2D eigenvalue weighted by Crippen LogP contribution is 2.42. The van der Waals surface area contributed by atoms with Gasteiger partial charge in [-0.15, -0.1) is 0 Å². The van der Waals surface area contributed by atoms with Crippen LogP contribution in [0.15, 0.2) is 12.2 Å². The van der Waals surface area contributed by atoms with E-state index in [1.54, 1.807) is 6.08 Å². The molecule has 7 aliphatic rings. The molecule has 38 atom stereocenters. The second kappa shape index (κ2) is 65.6. The van der Waals surface area contributed by atoms with E-state index < -0.39 is 322 Å². The molecule has 0 aliphatic carbocycles. The Bertz CT molecular complexity index is 3470. The number of nitrogens with one attached hydrogen (secondary N) is 4. The van der Waals surface area contributed by atoms with E-state index in [0.717, 1.165) is 65.2 Å². The Labute approximate surface area is 824 Å². The summed E-state index contributed by atoms with van der Waals surface area (Å²) in [5, 5.41) is 267. The second-order valence-corrected chi connectivity index (χ2v) is 38.5. The van der Waals surface area contributed by atoms with Gasteiger partial charge in [0.05, 0.1) is 77.1 Å². The van der Waals surface area contributed by atoms with Gasteiger partial charge in [0.2, 0.25) is 23.6 Å². The maximum absolute atomic E-state index is 13.7. The van der Waals surface area contributed by atoms with Crippen LogP contribution in [-0.4, -0.2) is 439 Å². The zero-order valence-corrected chi connectivity index (χ0v) is 82.1. The lowest BCUT2D eigenvalue weighted by Gasteiger charge is -2.51. The van der Waals surface area contributed by atoms with Crippen molar-refractivity contribution in [2.75, 3.05) is 59.5 Å². The molecular formula is C95H170N4O42. The lowest BCUT2D eigenvalue weighted by molar-refractivity contribution is -0.391. The van der Waals surface area contributed by atoms with Crippen molar-refractivity contribution in [2.45, 2.75) is 498 Å². The van der Waals surface area contributed by atoms with Crippen molar-refractivity contribution in [1.29, 1.82) is 0 Å². The Hall–Kier alpha value is -4.35. The Morgan fingerprint density at radius 3 is 1.17 bits per heavy atom. The van der Waals surface area contributed by atoms with E-state index >= 15 is 0 Å². The molecule has 0 aromatic heterocycles. The number of allylic oxidation sites excluding steroid dienone is 1. The van der Waals surface area contributed by atoms with Crippen LogP contribution in [0.3, 0.4) is 0 Å². The number of rotatable bonds is 68. The highest BCUT2D eigenvalue weighted by atomic mass is 16.8. The normalized spacial score (nSPS) is 35.7. The summed E-state index contributed by atoms with van der Waals surface area (Å²) in [6.07, 6.45) is -25.0. The van der Waals surface area contributed by atoms with Gasteiger partial charge in [-0.05, 0) is 19.3 Å². The van der Waals surface area contributed by atoms with Crippen molar-refractivity contribution in [3.05, 3.63) is 12.2 Å². The molecule has 0 saturated carbocycles. The topological polar surface area (TPSA) is 728 Å². The minimum Gasteiger partial charge on any atom is -0.477 e. The van der Waals surface area contributed by atoms with Crippen molar-refractivity contribution >= 4 is 29.6 Å². The predicted molar refractivity (Wildman–Crippen MR) is 494 cm³/mol. The van der Waals surface area contributed by atoms with Crippen LogP contribution in [0.4, 0.5) is 0 Å². The second-order valence-electron chi connectivity index (χ2n) is 38.5. The zero-order valence-electron chi connectivity index (χ0n) is 82.1. The number of aliphatic carboxylic acids is 1. The number of carboxylic acid groups (broad SMARTS) is 1. The third-order valence-corrected chi connectivity index (χ3v) is 27.3. The first-order valence-electron chi connectivity index (χ1n) is 51.3. The summed E-state index contributed by atoms with van der Waals surface area (Å²) in [4.78, 5) is 65.5. The standard InChI is InChI=1S/C95H170N4O42/c1-5-7-9-11-13-15-17-19-20-21-22-23-24-25-26-27-28-30-32-34-36-38-40-42-65(113)98-55(56(110)41-39-37-35-33-31-29-18-16-14-12-10-8-6-2)52-128-90-77(122)75(120)83(63(49-105)133-90)137-91-78(123)76(121)82(64(50-106)134-91)135-89-69(97-54(4)109)84(71(116)59(45-101)129-89)138-92-79(124)86(72(117)60(46-102)130-92)139-88-68(96-53(3)108)74(119)81(62(48-104)132-88)136-93-80(125)87(73(118)61(47-103)131-93)141-95(94(126)127)43-57(111)67(99-66(114)51-107)85(140-95)70(115)58(112)44-100/h39,41,55-64,67-93,100-107,110-112,115-125H,5-38,40,42-52H2,1-4H3,(H,96,108)(H,97,109)(H,98,113)(H,99,114)(H,126,127)/b41-39+/t55-,56+,57?,58+,59?,60?,61?,62?,63?,64?,67+,68?,69?,70+,71-,72-,73-,74+,75+,76+,77?,78?,79?,80?,81+,82-,83+,84+,85?,86-,87-,88-,89-,90+,91-,92-,93-,95-/m0/s1. The van der Waals surface area contributed by atoms with Gasteiger partial charge in [0.1, 0.15) is 171 Å². The number of aliphatic hydroxyl groups is 22. The van der Waals surface area contributed by atoms with Gasteiger partial charge in [-0.2, -0.15) is 0 Å². The van der Waals surface area contributed by atoms with E-state index in [0.29, 0.717) is 12.8 Å². The fraction of sp³-hybridized carbons (Fsp3) is 0.926. The van der Waals surface area contributed by atoms with Gasteiger partial charge < -0.3 is 205 Å². The third-order valence-electron chi connectivity index (χ3n) is 27.3. The molecule has 27 N–H and O–H groups in total. The fourth-order valence-electron chi connectivity index (χ4n) is 19.1. The Balaban J connectivity index is 0.974. The number of aliphatic hydroxyl groups excluding tert-OH is 22. The van der Waals surface area contributed by atoms with Crippen molar-refractivity contribution in [3.63, 3.8) is 0 Å². The predicted octanol–water partition coefficient (Wildman–Crippen LogP) is -3.16. The number of carboxylic acids is 1. The summed E-state index contributed by atoms with van der Waals surface area (Å²) >= 11 is 0. The molecule has 7 fully saturated rings.